The number of amides is 1. The van der Waals surface area contributed by atoms with E-state index >= 15 is 0 Å². The van der Waals surface area contributed by atoms with Crippen molar-refractivity contribution < 1.29 is 14.3 Å². The molecule has 4 rings (SSSR count). The summed E-state index contributed by atoms with van der Waals surface area (Å²) in [5.74, 6) is 1.38. The van der Waals surface area contributed by atoms with Crippen LogP contribution in [0.5, 0.6) is 0 Å². The third-order valence-corrected chi connectivity index (χ3v) is 9.42. The molecule has 1 aliphatic carbocycles. The topological polar surface area (TPSA) is 86.1 Å². The lowest BCUT2D eigenvalue weighted by Gasteiger charge is -2.18. The van der Waals surface area contributed by atoms with Gasteiger partial charge in [-0.25, -0.2) is 4.79 Å². The van der Waals surface area contributed by atoms with E-state index in [1.165, 1.54) is 32.9 Å². The molecule has 1 aliphatic rings. The van der Waals surface area contributed by atoms with Gasteiger partial charge in [0.15, 0.2) is 11.0 Å². The van der Waals surface area contributed by atoms with Crippen LogP contribution in [0.1, 0.15) is 65.7 Å². The maximum atomic E-state index is 13.0. The van der Waals surface area contributed by atoms with Gasteiger partial charge in [0.05, 0.1) is 17.9 Å². The first-order chi connectivity index (χ1) is 17.3. The predicted molar refractivity (Wildman–Crippen MR) is 148 cm³/mol. The molecule has 0 aliphatic heterocycles. The van der Waals surface area contributed by atoms with Crippen molar-refractivity contribution in [3.05, 3.63) is 45.0 Å². The van der Waals surface area contributed by atoms with Crippen LogP contribution in [-0.4, -0.2) is 39.0 Å². The highest BCUT2D eigenvalue weighted by atomic mass is 32.2. The maximum Gasteiger partial charge on any atom is 0.341 e. The van der Waals surface area contributed by atoms with Gasteiger partial charge in [0.2, 0.25) is 5.91 Å². The molecule has 10 heteroatoms. The largest absolute Gasteiger partial charge is 0.462 e. The van der Waals surface area contributed by atoms with E-state index < -0.39 is 0 Å². The van der Waals surface area contributed by atoms with Crippen LogP contribution >= 0.6 is 34.4 Å². The van der Waals surface area contributed by atoms with Crippen molar-refractivity contribution in [1.82, 2.24) is 14.8 Å². The third-order valence-electron chi connectivity index (χ3n) is 6.05. The van der Waals surface area contributed by atoms with Crippen molar-refractivity contribution in [1.29, 1.82) is 0 Å². The number of carbonyl (C=O) groups excluding carboxylic acids is 2. The quantitative estimate of drug-likeness (QED) is 0.180. The molecule has 7 nitrogen and oxygen atoms in total. The fourth-order valence-corrected chi connectivity index (χ4v) is 7.29. The van der Waals surface area contributed by atoms with Gasteiger partial charge in [-0.2, -0.15) is 0 Å². The zero-order valence-corrected chi connectivity index (χ0v) is 23.6. The van der Waals surface area contributed by atoms with E-state index in [4.69, 9.17) is 4.74 Å². The maximum absolute atomic E-state index is 13.0. The standard InChI is InChI=1S/C26H32N4O3S3/c1-6-10-30-23(17-12-19(15(3)4)34-13-17)28-29-26(30)35-14-21(31)27-24-22(25(32)33-7-2)18-9-8-16(5)11-20(18)36-24/h6,12-13,15-16H,1,7-11,14H2,2-5H3,(H,27,31). The average Bonchev–Trinajstić information content (AvgIpc) is 3.54. The molecule has 1 atom stereocenters. The fourth-order valence-electron chi connectivity index (χ4n) is 4.23. The van der Waals surface area contributed by atoms with E-state index in [1.807, 2.05) is 4.57 Å². The van der Waals surface area contributed by atoms with E-state index in [-0.39, 0.29) is 17.6 Å². The summed E-state index contributed by atoms with van der Waals surface area (Å²) in [7, 11) is 0. The smallest absolute Gasteiger partial charge is 0.341 e. The first-order valence-electron chi connectivity index (χ1n) is 12.2. The lowest BCUT2D eigenvalue weighted by molar-refractivity contribution is -0.113. The fraction of sp³-hybridized carbons (Fsp3) is 0.462. The van der Waals surface area contributed by atoms with Crippen molar-refractivity contribution in [3.63, 3.8) is 0 Å². The number of fused-ring (bicyclic) bond motifs is 1. The Bertz CT molecular complexity index is 1260. The number of thiophene rings is 2. The number of anilines is 1. The van der Waals surface area contributed by atoms with Crippen LogP contribution in [0, 0.1) is 5.92 Å². The molecule has 1 amide bonds. The Morgan fingerprint density at radius 1 is 1.39 bits per heavy atom. The normalized spacial score (nSPS) is 15.1. The van der Waals surface area contributed by atoms with Gasteiger partial charge in [0.1, 0.15) is 5.00 Å². The number of hydrogen-bond donors (Lipinski definition) is 1. The molecule has 192 valence electrons. The van der Waals surface area contributed by atoms with Crippen LogP contribution < -0.4 is 5.32 Å². The molecule has 0 saturated carbocycles. The molecule has 3 heterocycles. The molecule has 0 bridgehead atoms. The highest BCUT2D eigenvalue weighted by Crippen LogP contribution is 2.40. The van der Waals surface area contributed by atoms with Crippen LogP contribution in [0.2, 0.25) is 0 Å². The minimum absolute atomic E-state index is 0.150. The van der Waals surface area contributed by atoms with Crippen LogP contribution in [-0.2, 0) is 28.9 Å². The molecule has 0 saturated heterocycles. The number of allylic oxidation sites excluding steroid dienone is 1. The number of ether oxygens (including phenoxy) is 1. The second-order valence-electron chi connectivity index (χ2n) is 9.21. The minimum Gasteiger partial charge on any atom is -0.462 e. The number of nitrogens with one attached hydrogen (secondary N) is 1. The van der Waals surface area contributed by atoms with E-state index in [0.717, 1.165) is 36.2 Å². The Labute approximate surface area is 224 Å². The minimum atomic E-state index is -0.362. The number of esters is 1. The van der Waals surface area contributed by atoms with Crippen LogP contribution in [0.15, 0.2) is 29.3 Å². The van der Waals surface area contributed by atoms with Crippen LogP contribution in [0.4, 0.5) is 5.00 Å². The number of carbonyl (C=O) groups is 2. The van der Waals surface area contributed by atoms with Gasteiger partial charge in [-0.1, -0.05) is 38.6 Å². The van der Waals surface area contributed by atoms with Gasteiger partial charge < -0.3 is 10.1 Å². The molecule has 3 aromatic rings. The molecule has 0 aromatic carbocycles. The van der Waals surface area contributed by atoms with Crippen molar-refractivity contribution in [2.45, 2.75) is 64.6 Å². The zero-order chi connectivity index (χ0) is 25.8. The van der Waals surface area contributed by atoms with Gasteiger partial charge >= 0.3 is 5.97 Å². The van der Waals surface area contributed by atoms with E-state index in [9.17, 15) is 9.59 Å². The van der Waals surface area contributed by atoms with Crippen molar-refractivity contribution in [2.24, 2.45) is 5.92 Å². The summed E-state index contributed by atoms with van der Waals surface area (Å²) in [6.07, 6.45) is 4.59. The van der Waals surface area contributed by atoms with Crippen molar-refractivity contribution in [3.8, 4) is 11.4 Å². The highest BCUT2D eigenvalue weighted by molar-refractivity contribution is 7.99. The number of hydrogen-bond acceptors (Lipinski definition) is 8. The summed E-state index contributed by atoms with van der Waals surface area (Å²) in [5, 5.41) is 15.1. The van der Waals surface area contributed by atoms with E-state index in [0.29, 0.717) is 40.7 Å². The first-order valence-corrected chi connectivity index (χ1v) is 14.9. The Morgan fingerprint density at radius 3 is 2.89 bits per heavy atom. The average molecular weight is 545 g/mol. The van der Waals surface area contributed by atoms with Crippen LogP contribution in [0.3, 0.4) is 0 Å². The Balaban J connectivity index is 1.50. The third kappa shape index (κ3) is 5.76. The molecule has 36 heavy (non-hydrogen) atoms. The predicted octanol–water partition coefficient (Wildman–Crippen LogP) is 6.41. The van der Waals surface area contributed by atoms with Gasteiger partial charge in [0.25, 0.3) is 0 Å². The molecular weight excluding hydrogens is 513 g/mol. The van der Waals surface area contributed by atoms with Crippen LogP contribution in [0.25, 0.3) is 11.4 Å². The first kappa shape index (κ1) is 26.6. The summed E-state index contributed by atoms with van der Waals surface area (Å²) in [5.41, 5.74) is 2.58. The van der Waals surface area contributed by atoms with Crippen molar-refractivity contribution >= 4 is 51.3 Å². The van der Waals surface area contributed by atoms with Gasteiger partial charge in [-0.05, 0) is 49.7 Å². The summed E-state index contributed by atoms with van der Waals surface area (Å²) in [4.78, 5) is 28.2. The van der Waals surface area contributed by atoms with Crippen molar-refractivity contribution in [2.75, 3.05) is 17.7 Å². The second-order valence-corrected chi connectivity index (χ2v) is 12.2. The lowest BCUT2D eigenvalue weighted by atomic mass is 9.88. The highest BCUT2D eigenvalue weighted by Gasteiger charge is 2.29. The zero-order valence-electron chi connectivity index (χ0n) is 21.1. The monoisotopic (exact) mass is 544 g/mol. The molecule has 1 N–H and O–H groups in total. The van der Waals surface area contributed by atoms with E-state index in [2.05, 4.69) is 54.3 Å². The molecule has 0 radical (unpaired) electrons. The Morgan fingerprint density at radius 2 is 2.19 bits per heavy atom. The van der Waals surface area contributed by atoms with E-state index in [1.54, 1.807) is 24.3 Å². The molecule has 1 unspecified atom stereocenters. The van der Waals surface area contributed by atoms with Gasteiger partial charge in [-0.15, -0.1) is 39.4 Å². The number of thioether (sulfide) groups is 1. The molecular formula is C26H32N4O3S3. The second kappa shape index (κ2) is 11.7. The molecule has 3 aromatic heterocycles. The Kier molecular flexibility index (Phi) is 8.69. The molecule has 0 fully saturated rings. The van der Waals surface area contributed by atoms with Gasteiger partial charge in [0, 0.05) is 27.2 Å². The number of nitrogens with zero attached hydrogens (tertiary/aromatic N) is 3. The lowest BCUT2D eigenvalue weighted by Crippen LogP contribution is -2.18. The summed E-state index contributed by atoms with van der Waals surface area (Å²) in [6, 6.07) is 2.15. The molecule has 0 spiro atoms. The SMILES string of the molecule is C=CCn1c(SCC(=O)Nc2sc3c(c2C(=O)OCC)CCC(C)C3)nnc1-c1csc(C(C)C)c1. The Hall–Kier alpha value is -2.43. The number of rotatable bonds is 10. The summed E-state index contributed by atoms with van der Waals surface area (Å²) < 4.78 is 7.29. The summed E-state index contributed by atoms with van der Waals surface area (Å²) in [6.45, 7) is 13.1. The van der Waals surface area contributed by atoms with Gasteiger partial charge in [-0.3, -0.25) is 9.36 Å². The summed E-state index contributed by atoms with van der Waals surface area (Å²) >= 11 is 4.54. The number of aromatic nitrogens is 3.